The molecule has 0 aliphatic rings. The fraction of sp³-hybridized carbons (Fsp3) is 1.00. The number of methoxy groups -OCH3 is 1. The average Bonchev–Trinajstić information content (AvgIpc) is 2.21. The molecule has 0 aromatic rings. The van der Waals surface area contributed by atoms with Gasteiger partial charge >= 0.3 is 0 Å². The van der Waals surface area contributed by atoms with E-state index in [0.29, 0.717) is 13.2 Å². The Kier molecular flexibility index (Phi) is 13.4. The first-order valence-electron chi connectivity index (χ1n) is 5.18. The lowest BCUT2D eigenvalue weighted by Gasteiger charge is -2.05. The van der Waals surface area contributed by atoms with Crippen LogP contribution in [0, 0.1) is 0 Å². The number of rotatable bonds is 11. The Labute approximate surface area is 91.9 Å². The fourth-order valence-corrected chi connectivity index (χ4v) is 1.44. The molecule has 0 aliphatic carbocycles. The van der Waals surface area contributed by atoms with Crippen LogP contribution in [0.4, 0.5) is 0 Å². The van der Waals surface area contributed by atoms with Gasteiger partial charge < -0.3 is 14.8 Å². The Balaban J connectivity index is 2.78. The summed E-state index contributed by atoms with van der Waals surface area (Å²) in [5.74, 6) is 1.25. The van der Waals surface area contributed by atoms with Crippen LogP contribution in [-0.4, -0.2) is 52.0 Å². The van der Waals surface area contributed by atoms with Crippen molar-refractivity contribution in [3.05, 3.63) is 0 Å². The number of hydrogen-bond donors (Lipinski definition) is 1. The van der Waals surface area contributed by atoms with E-state index in [9.17, 15) is 0 Å². The van der Waals surface area contributed by atoms with Gasteiger partial charge in [0, 0.05) is 13.7 Å². The summed E-state index contributed by atoms with van der Waals surface area (Å²) >= 11 is 1.90. The van der Waals surface area contributed by atoms with Crippen molar-refractivity contribution in [2.24, 2.45) is 0 Å². The van der Waals surface area contributed by atoms with Gasteiger partial charge in [0.15, 0.2) is 0 Å². The zero-order valence-electron chi connectivity index (χ0n) is 9.38. The molecule has 1 N–H and O–H groups in total. The Morgan fingerprint density at radius 1 is 1.07 bits per heavy atom. The van der Waals surface area contributed by atoms with Crippen molar-refractivity contribution >= 4 is 11.8 Å². The van der Waals surface area contributed by atoms with Crippen LogP contribution < -0.4 is 5.32 Å². The van der Waals surface area contributed by atoms with E-state index in [4.69, 9.17) is 9.47 Å². The summed E-state index contributed by atoms with van der Waals surface area (Å²) in [7, 11) is 1.69. The van der Waals surface area contributed by atoms with Gasteiger partial charge in [0.05, 0.1) is 13.2 Å². The lowest BCUT2D eigenvalue weighted by molar-refractivity contribution is 0.0695. The van der Waals surface area contributed by atoms with Crippen LogP contribution in [0.1, 0.15) is 12.8 Å². The summed E-state index contributed by atoms with van der Waals surface area (Å²) in [6.45, 7) is 4.42. The second kappa shape index (κ2) is 13.2. The molecule has 0 saturated carbocycles. The standard InChI is InChI=1S/C10H23NO2S/c1-12-8-9-13-7-3-5-11-6-4-10-14-2/h11H,3-10H2,1-2H3. The van der Waals surface area contributed by atoms with Gasteiger partial charge in [-0.1, -0.05) is 0 Å². The summed E-state index contributed by atoms with van der Waals surface area (Å²) in [6, 6.07) is 0. The summed E-state index contributed by atoms with van der Waals surface area (Å²) in [5, 5.41) is 3.39. The van der Waals surface area contributed by atoms with Gasteiger partial charge in [0.2, 0.25) is 0 Å². The molecule has 0 saturated heterocycles. The molecule has 4 heteroatoms. The normalized spacial score (nSPS) is 10.7. The van der Waals surface area contributed by atoms with E-state index < -0.39 is 0 Å². The molecule has 0 spiro atoms. The molecule has 0 aromatic heterocycles. The van der Waals surface area contributed by atoms with Gasteiger partial charge in [-0.25, -0.2) is 0 Å². The molecule has 0 unspecified atom stereocenters. The highest BCUT2D eigenvalue weighted by molar-refractivity contribution is 7.98. The second-order valence-corrected chi connectivity index (χ2v) is 4.04. The third-order valence-electron chi connectivity index (χ3n) is 1.78. The van der Waals surface area contributed by atoms with Crippen molar-refractivity contribution in [1.82, 2.24) is 5.32 Å². The van der Waals surface area contributed by atoms with Crippen molar-refractivity contribution in [1.29, 1.82) is 0 Å². The number of hydrogen-bond acceptors (Lipinski definition) is 4. The van der Waals surface area contributed by atoms with Crippen molar-refractivity contribution in [2.45, 2.75) is 12.8 Å². The molecule has 3 nitrogen and oxygen atoms in total. The van der Waals surface area contributed by atoms with E-state index in [0.717, 1.165) is 26.1 Å². The zero-order chi connectivity index (χ0) is 10.5. The highest BCUT2D eigenvalue weighted by Gasteiger charge is 1.90. The third kappa shape index (κ3) is 12.2. The minimum Gasteiger partial charge on any atom is -0.382 e. The molecule has 14 heavy (non-hydrogen) atoms. The van der Waals surface area contributed by atoms with Crippen LogP contribution >= 0.6 is 11.8 Å². The molecular weight excluding hydrogens is 198 g/mol. The molecule has 0 aliphatic heterocycles. The van der Waals surface area contributed by atoms with Crippen molar-refractivity contribution < 1.29 is 9.47 Å². The van der Waals surface area contributed by atoms with E-state index in [2.05, 4.69) is 11.6 Å². The third-order valence-corrected chi connectivity index (χ3v) is 2.47. The average molecular weight is 221 g/mol. The van der Waals surface area contributed by atoms with Gasteiger partial charge in [-0.15, -0.1) is 0 Å². The van der Waals surface area contributed by atoms with Crippen LogP contribution in [0.2, 0.25) is 0 Å². The molecule has 0 bridgehead atoms. The maximum atomic E-state index is 5.33. The Hall–Kier alpha value is 0.230. The van der Waals surface area contributed by atoms with Gasteiger partial charge in [0.25, 0.3) is 0 Å². The van der Waals surface area contributed by atoms with Crippen molar-refractivity contribution in [2.75, 3.05) is 52.0 Å². The molecule has 0 heterocycles. The van der Waals surface area contributed by atoms with Gasteiger partial charge in [0.1, 0.15) is 0 Å². The van der Waals surface area contributed by atoms with Crippen LogP contribution in [0.5, 0.6) is 0 Å². The van der Waals surface area contributed by atoms with Crippen LogP contribution in [-0.2, 0) is 9.47 Å². The fourth-order valence-electron chi connectivity index (χ4n) is 1.01. The smallest absolute Gasteiger partial charge is 0.0700 e. The number of ether oxygens (including phenoxy) is 2. The number of thioether (sulfide) groups is 1. The maximum Gasteiger partial charge on any atom is 0.0700 e. The quantitative estimate of drug-likeness (QED) is 0.534. The van der Waals surface area contributed by atoms with Crippen molar-refractivity contribution in [3.63, 3.8) is 0 Å². The van der Waals surface area contributed by atoms with E-state index >= 15 is 0 Å². The largest absolute Gasteiger partial charge is 0.382 e. The summed E-state index contributed by atoms with van der Waals surface area (Å²) in [4.78, 5) is 0. The van der Waals surface area contributed by atoms with Gasteiger partial charge in [-0.2, -0.15) is 11.8 Å². The minimum absolute atomic E-state index is 0.696. The van der Waals surface area contributed by atoms with E-state index in [1.54, 1.807) is 7.11 Å². The summed E-state index contributed by atoms with van der Waals surface area (Å²) in [5.41, 5.74) is 0. The summed E-state index contributed by atoms with van der Waals surface area (Å²) in [6.07, 6.45) is 4.48. The maximum absolute atomic E-state index is 5.33. The van der Waals surface area contributed by atoms with E-state index in [1.807, 2.05) is 11.8 Å². The Morgan fingerprint density at radius 3 is 2.57 bits per heavy atom. The molecular formula is C10H23NO2S. The predicted molar refractivity (Wildman–Crippen MR) is 63.2 cm³/mol. The molecule has 0 amide bonds. The van der Waals surface area contributed by atoms with Gasteiger partial charge in [-0.05, 0) is 37.9 Å². The first-order valence-corrected chi connectivity index (χ1v) is 6.57. The highest BCUT2D eigenvalue weighted by Crippen LogP contribution is 1.93. The molecule has 86 valence electrons. The first kappa shape index (κ1) is 14.2. The molecule has 0 fully saturated rings. The second-order valence-electron chi connectivity index (χ2n) is 3.06. The minimum atomic E-state index is 0.696. The SMILES string of the molecule is COCCOCCCNCCCSC. The zero-order valence-corrected chi connectivity index (χ0v) is 10.2. The van der Waals surface area contributed by atoms with Crippen LogP contribution in [0.15, 0.2) is 0 Å². The lowest BCUT2D eigenvalue weighted by Crippen LogP contribution is -2.19. The molecule has 0 radical (unpaired) electrons. The van der Waals surface area contributed by atoms with Crippen LogP contribution in [0.3, 0.4) is 0 Å². The van der Waals surface area contributed by atoms with Crippen molar-refractivity contribution in [3.8, 4) is 0 Å². The topological polar surface area (TPSA) is 30.5 Å². The Morgan fingerprint density at radius 2 is 1.86 bits per heavy atom. The van der Waals surface area contributed by atoms with Crippen LogP contribution in [0.25, 0.3) is 0 Å². The summed E-state index contributed by atoms with van der Waals surface area (Å²) < 4.78 is 10.2. The predicted octanol–water partition coefficient (Wildman–Crippen LogP) is 1.38. The van der Waals surface area contributed by atoms with Gasteiger partial charge in [-0.3, -0.25) is 0 Å². The molecule has 0 atom stereocenters. The van der Waals surface area contributed by atoms with E-state index in [-0.39, 0.29) is 0 Å². The highest BCUT2D eigenvalue weighted by atomic mass is 32.2. The van der Waals surface area contributed by atoms with E-state index in [1.165, 1.54) is 12.2 Å². The Bertz CT molecular complexity index is 92.1. The molecule has 0 aromatic carbocycles. The lowest BCUT2D eigenvalue weighted by atomic mass is 10.4. The molecule has 0 rings (SSSR count). The number of nitrogens with one attached hydrogen (secondary N) is 1. The first-order chi connectivity index (χ1) is 6.91. The monoisotopic (exact) mass is 221 g/mol.